The first-order valence-electron chi connectivity index (χ1n) is 6.71. The summed E-state index contributed by atoms with van der Waals surface area (Å²) in [6.45, 7) is 6.63. The van der Waals surface area contributed by atoms with Crippen LogP contribution in [-0.2, 0) is 6.54 Å². The summed E-state index contributed by atoms with van der Waals surface area (Å²) in [5.41, 5.74) is 0. The lowest BCUT2D eigenvalue weighted by molar-refractivity contribution is 0.370. The van der Waals surface area contributed by atoms with Gasteiger partial charge in [-0.3, -0.25) is 4.68 Å². The number of aromatic nitrogens is 2. The fourth-order valence-electron chi connectivity index (χ4n) is 2.68. The van der Waals surface area contributed by atoms with Crippen LogP contribution in [0.3, 0.4) is 0 Å². The fraction of sp³-hybridized carbons (Fsp3) is 0.769. The topological polar surface area (TPSA) is 41.9 Å². The summed E-state index contributed by atoms with van der Waals surface area (Å²) in [6, 6.07) is 3.72. The third kappa shape index (κ3) is 4.13. The zero-order chi connectivity index (χ0) is 12.1. The van der Waals surface area contributed by atoms with Gasteiger partial charge in [0.25, 0.3) is 0 Å². The second kappa shape index (κ2) is 6.17. The van der Waals surface area contributed by atoms with E-state index in [-0.39, 0.29) is 0 Å². The normalized spacial score (nSPS) is 23.8. The zero-order valence-corrected chi connectivity index (χ0v) is 10.9. The predicted octanol–water partition coefficient (Wildman–Crippen LogP) is 1.39. The molecule has 3 atom stereocenters. The van der Waals surface area contributed by atoms with Gasteiger partial charge < -0.3 is 10.6 Å². The first kappa shape index (κ1) is 12.6. The van der Waals surface area contributed by atoms with Crippen molar-refractivity contribution in [2.24, 2.45) is 0 Å². The Bertz CT molecular complexity index is 303. The van der Waals surface area contributed by atoms with E-state index in [1.165, 1.54) is 25.8 Å². The Balaban J connectivity index is 1.68. The molecule has 0 bridgehead atoms. The largest absolute Gasteiger partial charge is 0.314 e. The van der Waals surface area contributed by atoms with Crippen LogP contribution in [0.1, 0.15) is 33.1 Å². The van der Waals surface area contributed by atoms with Crippen LogP contribution in [0, 0.1) is 0 Å². The van der Waals surface area contributed by atoms with Crippen molar-refractivity contribution in [2.45, 2.75) is 57.8 Å². The van der Waals surface area contributed by atoms with Crippen molar-refractivity contribution in [3.8, 4) is 0 Å². The highest BCUT2D eigenvalue weighted by molar-refractivity contribution is 4.82. The van der Waals surface area contributed by atoms with E-state index in [1.807, 2.05) is 23.1 Å². The minimum absolute atomic E-state index is 0.464. The molecule has 1 aliphatic rings. The quantitative estimate of drug-likeness (QED) is 0.784. The molecule has 96 valence electrons. The Labute approximate surface area is 104 Å². The van der Waals surface area contributed by atoms with Crippen LogP contribution in [0.25, 0.3) is 0 Å². The van der Waals surface area contributed by atoms with Gasteiger partial charge in [0.2, 0.25) is 0 Å². The Morgan fingerprint density at radius 3 is 3.00 bits per heavy atom. The van der Waals surface area contributed by atoms with E-state index < -0.39 is 0 Å². The van der Waals surface area contributed by atoms with E-state index >= 15 is 0 Å². The highest BCUT2D eigenvalue weighted by atomic mass is 15.3. The molecule has 4 nitrogen and oxygen atoms in total. The van der Waals surface area contributed by atoms with Crippen LogP contribution in [0.4, 0.5) is 0 Å². The highest BCUT2D eigenvalue weighted by Gasteiger charge is 2.17. The summed E-state index contributed by atoms with van der Waals surface area (Å²) in [7, 11) is 0. The summed E-state index contributed by atoms with van der Waals surface area (Å²) in [5.74, 6) is 0. The molecule has 2 rings (SSSR count). The van der Waals surface area contributed by atoms with E-state index in [1.54, 1.807) is 0 Å². The molecule has 0 saturated carbocycles. The molecule has 0 aliphatic carbocycles. The number of hydrogen-bond acceptors (Lipinski definition) is 3. The lowest BCUT2D eigenvalue weighted by atomic mass is 10.1. The Hall–Kier alpha value is -0.870. The molecule has 4 heteroatoms. The van der Waals surface area contributed by atoms with E-state index in [2.05, 4.69) is 29.6 Å². The van der Waals surface area contributed by atoms with Gasteiger partial charge in [0.05, 0.1) is 6.54 Å². The maximum Gasteiger partial charge on any atom is 0.0560 e. The van der Waals surface area contributed by atoms with Gasteiger partial charge >= 0.3 is 0 Å². The molecule has 0 radical (unpaired) electrons. The van der Waals surface area contributed by atoms with Gasteiger partial charge in [-0.2, -0.15) is 5.10 Å². The number of nitrogens with zero attached hydrogens (tertiary/aromatic N) is 2. The van der Waals surface area contributed by atoms with Crippen LogP contribution in [0.5, 0.6) is 0 Å². The van der Waals surface area contributed by atoms with Crippen LogP contribution >= 0.6 is 0 Å². The second-order valence-electron chi connectivity index (χ2n) is 5.23. The average Bonchev–Trinajstić information content (AvgIpc) is 2.90. The van der Waals surface area contributed by atoms with Gasteiger partial charge in [-0.05, 0) is 45.7 Å². The van der Waals surface area contributed by atoms with Crippen molar-refractivity contribution in [1.82, 2.24) is 20.4 Å². The predicted molar refractivity (Wildman–Crippen MR) is 69.9 cm³/mol. The van der Waals surface area contributed by atoms with Crippen LogP contribution in [-0.4, -0.2) is 34.5 Å². The lowest BCUT2D eigenvalue weighted by Crippen LogP contribution is -2.40. The number of nitrogens with one attached hydrogen (secondary N) is 2. The second-order valence-corrected chi connectivity index (χ2v) is 5.23. The molecule has 0 aromatic carbocycles. The van der Waals surface area contributed by atoms with Crippen molar-refractivity contribution < 1.29 is 0 Å². The average molecular weight is 236 g/mol. The molecule has 2 heterocycles. The molecule has 17 heavy (non-hydrogen) atoms. The van der Waals surface area contributed by atoms with Gasteiger partial charge in [0.1, 0.15) is 0 Å². The zero-order valence-electron chi connectivity index (χ0n) is 10.9. The van der Waals surface area contributed by atoms with Crippen molar-refractivity contribution in [1.29, 1.82) is 0 Å². The molecular formula is C13H24N4. The number of rotatable bonds is 6. The first-order valence-corrected chi connectivity index (χ1v) is 6.71. The van der Waals surface area contributed by atoms with Gasteiger partial charge in [-0.1, -0.05) is 0 Å². The molecular weight excluding hydrogens is 212 g/mol. The Morgan fingerprint density at radius 1 is 1.47 bits per heavy atom. The van der Waals surface area contributed by atoms with E-state index in [0.29, 0.717) is 12.1 Å². The summed E-state index contributed by atoms with van der Waals surface area (Å²) in [5, 5.41) is 11.4. The summed E-state index contributed by atoms with van der Waals surface area (Å²) in [6.07, 6.45) is 7.74. The van der Waals surface area contributed by atoms with Crippen LogP contribution in [0.2, 0.25) is 0 Å². The van der Waals surface area contributed by atoms with Gasteiger partial charge in [0.15, 0.2) is 0 Å². The standard InChI is InChI=1S/C13H24N4/c1-11(9-13-5-3-6-14-13)16-12(2)10-17-8-4-7-15-17/h4,7-8,11-14,16H,3,5-6,9-10H2,1-2H3. The smallest absolute Gasteiger partial charge is 0.0560 e. The molecule has 2 N–H and O–H groups in total. The van der Waals surface area contributed by atoms with Gasteiger partial charge in [-0.15, -0.1) is 0 Å². The van der Waals surface area contributed by atoms with Crippen molar-refractivity contribution in [2.75, 3.05) is 6.54 Å². The van der Waals surface area contributed by atoms with Gasteiger partial charge in [-0.25, -0.2) is 0 Å². The lowest BCUT2D eigenvalue weighted by Gasteiger charge is -2.22. The molecule has 3 unspecified atom stereocenters. The van der Waals surface area contributed by atoms with Crippen molar-refractivity contribution >= 4 is 0 Å². The fourth-order valence-corrected chi connectivity index (χ4v) is 2.68. The maximum atomic E-state index is 4.23. The summed E-state index contributed by atoms with van der Waals surface area (Å²) >= 11 is 0. The first-order chi connectivity index (χ1) is 8.24. The maximum absolute atomic E-state index is 4.23. The van der Waals surface area contributed by atoms with E-state index in [4.69, 9.17) is 0 Å². The summed E-state index contributed by atoms with van der Waals surface area (Å²) < 4.78 is 1.98. The SMILES string of the molecule is CC(CC1CCCN1)NC(C)Cn1cccn1. The Morgan fingerprint density at radius 2 is 2.35 bits per heavy atom. The Kier molecular flexibility index (Phi) is 4.57. The molecule has 1 aromatic rings. The minimum Gasteiger partial charge on any atom is -0.314 e. The van der Waals surface area contributed by atoms with Crippen molar-refractivity contribution in [3.05, 3.63) is 18.5 Å². The number of hydrogen-bond donors (Lipinski definition) is 2. The minimum atomic E-state index is 0.464. The van der Waals surface area contributed by atoms with Gasteiger partial charge in [0, 0.05) is 30.5 Å². The highest BCUT2D eigenvalue weighted by Crippen LogP contribution is 2.11. The van der Waals surface area contributed by atoms with Crippen LogP contribution < -0.4 is 10.6 Å². The van der Waals surface area contributed by atoms with E-state index in [9.17, 15) is 0 Å². The molecule has 0 amide bonds. The monoisotopic (exact) mass is 236 g/mol. The third-order valence-corrected chi connectivity index (χ3v) is 3.39. The molecule has 1 saturated heterocycles. The molecule has 1 aliphatic heterocycles. The third-order valence-electron chi connectivity index (χ3n) is 3.39. The molecule has 1 fully saturated rings. The molecule has 0 spiro atoms. The van der Waals surface area contributed by atoms with Crippen molar-refractivity contribution in [3.63, 3.8) is 0 Å². The molecule has 1 aromatic heterocycles. The van der Waals surface area contributed by atoms with Crippen LogP contribution in [0.15, 0.2) is 18.5 Å². The summed E-state index contributed by atoms with van der Waals surface area (Å²) in [4.78, 5) is 0. The van der Waals surface area contributed by atoms with E-state index in [0.717, 1.165) is 12.6 Å².